The molecule has 4 bridgehead atoms. The lowest BCUT2D eigenvalue weighted by Gasteiger charge is -2.59. The van der Waals surface area contributed by atoms with Gasteiger partial charge in [-0.3, -0.25) is 4.79 Å². The zero-order chi connectivity index (χ0) is 16.2. The molecule has 0 aromatic heterocycles. The molecule has 1 atom stereocenters. The molecule has 0 aliphatic heterocycles. The Morgan fingerprint density at radius 2 is 1.70 bits per heavy atom. The zero-order valence-electron chi connectivity index (χ0n) is 13.4. The monoisotopic (exact) mass is 351 g/mol. The molecule has 0 saturated heterocycles. The van der Waals surface area contributed by atoms with E-state index in [0.29, 0.717) is 21.0 Å². The van der Waals surface area contributed by atoms with Crippen LogP contribution < -0.4 is 5.32 Å². The minimum Gasteiger partial charge on any atom is -0.349 e. The van der Waals surface area contributed by atoms with Gasteiger partial charge in [-0.25, -0.2) is 0 Å². The minimum absolute atomic E-state index is 0.0965. The van der Waals surface area contributed by atoms with E-state index < -0.39 is 0 Å². The number of carbonyl (C=O) groups excluding carboxylic acids is 1. The molecule has 1 N–H and O–H groups in total. The molecule has 124 valence electrons. The average Bonchev–Trinajstić information content (AvgIpc) is 2.48. The van der Waals surface area contributed by atoms with Crippen molar-refractivity contribution in [3.05, 3.63) is 33.8 Å². The van der Waals surface area contributed by atoms with Crippen molar-refractivity contribution < 1.29 is 4.79 Å². The first-order valence-electron chi connectivity index (χ1n) is 8.71. The summed E-state index contributed by atoms with van der Waals surface area (Å²) in [6, 6.07) is 5.25. The highest BCUT2D eigenvalue weighted by Crippen LogP contribution is 2.61. The summed E-state index contributed by atoms with van der Waals surface area (Å²) < 4.78 is 0. The Balaban J connectivity index is 1.52. The molecule has 2 nitrogen and oxygen atoms in total. The Bertz CT molecular complexity index is 607. The summed E-state index contributed by atoms with van der Waals surface area (Å²) in [5.41, 5.74) is 0.783. The van der Waals surface area contributed by atoms with Crippen molar-refractivity contribution in [2.45, 2.75) is 51.5 Å². The van der Waals surface area contributed by atoms with Crippen molar-refractivity contribution in [2.24, 2.45) is 23.2 Å². The minimum atomic E-state index is -0.0965. The first-order chi connectivity index (χ1) is 10.9. The van der Waals surface area contributed by atoms with Crippen LogP contribution in [-0.2, 0) is 0 Å². The molecular weight excluding hydrogens is 329 g/mol. The summed E-state index contributed by atoms with van der Waals surface area (Å²) >= 11 is 12.2. The van der Waals surface area contributed by atoms with Crippen LogP contribution in [0.1, 0.15) is 55.8 Å². The normalized spacial score (nSPS) is 36.0. The third-order valence-corrected chi connectivity index (χ3v) is 7.09. The Morgan fingerprint density at radius 3 is 2.26 bits per heavy atom. The highest BCUT2D eigenvalue weighted by Gasteiger charge is 2.53. The van der Waals surface area contributed by atoms with E-state index in [1.807, 2.05) is 0 Å². The lowest BCUT2D eigenvalue weighted by atomic mass is 9.48. The third-order valence-electron chi connectivity index (χ3n) is 6.52. The summed E-state index contributed by atoms with van der Waals surface area (Å²) in [6.07, 6.45) is 8.09. The van der Waals surface area contributed by atoms with Gasteiger partial charge in [0, 0.05) is 11.1 Å². The van der Waals surface area contributed by atoms with E-state index in [4.69, 9.17) is 23.2 Å². The van der Waals surface area contributed by atoms with E-state index in [0.717, 1.165) is 17.8 Å². The van der Waals surface area contributed by atoms with Crippen LogP contribution in [0, 0.1) is 23.2 Å². The molecule has 4 saturated carbocycles. The molecule has 0 radical (unpaired) electrons. The fraction of sp³-hybridized carbons (Fsp3) is 0.632. The molecule has 0 heterocycles. The van der Waals surface area contributed by atoms with Crippen molar-refractivity contribution in [3.8, 4) is 0 Å². The predicted molar refractivity (Wildman–Crippen MR) is 94.0 cm³/mol. The first-order valence-corrected chi connectivity index (χ1v) is 9.47. The number of nitrogens with one attached hydrogen (secondary N) is 1. The van der Waals surface area contributed by atoms with E-state index in [2.05, 4.69) is 12.2 Å². The van der Waals surface area contributed by atoms with Gasteiger partial charge in [0.1, 0.15) is 0 Å². The third kappa shape index (κ3) is 2.78. The summed E-state index contributed by atoms with van der Waals surface area (Å²) in [5.74, 6) is 2.56. The van der Waals surface area contributed by atoms with E-state index >= 15 is 0 Å². The molecule has 5 rings (SSSR count). The fourth-order valence-corrected chi connectivity index (χ4v) is 6.18. The van der Waals surface area contributed by atoms with Crippen LogP contribution in [0.3, 0.4) is 0 Å². The van der Waals surface area contributed by atoms with E-state index in [1.165, 1.54) is 38.5 Å². The van der Waals surface area contributed by atoms with Gasteiger partial charge in [-0.2, -0.15) is 0 Å². The first kappa shape index (κ1) is 15.8. The number of benzene rings is 1. The number of carbonyl (C=O) groups is 1. The highest BCUT2D eigenvalue weighted by atomic mass is 35.5. The molecule has 4 aliphatic rings. The van der Waals surface area contributed by atoms with Gasteiger partial charge >= 0.3 is 0 Å². The summed E-state index contributed by atoms with van der Waals surface area (Å²) in [7, 11) is 0. The zero-order valence-corrected chi connectivity index (χ0v) is 15.0. The maximum absolute atomic E-state index is 12.7. The lowest BCUT2D eigenvalue weighted by molar-refractivity contribution is -0.0688. The van der Waals surface area contributed by atoms with E-state index in [-0.39, 0.29) is 11.9 Å². The Kier molecular flexibility index (Phi) is 3.89. The molecule has 0 spiro atoms. The fourth-order valence-electron chi connectivity index (χ4n) is 5.81. The van der Waals surface area contributed by atoms with Gasteiger partial charge < -0.3 is 5.32 Å². The molecule has 1 aromatic carbocycles. The molecule has 0 unspecified atom stereocenters. The Labute approximate surface area is 147 Å². The smallest absolute Gasteiger partial charge is 0.253 e. The van der Waals surface area contributed by atoms with E-state index in [1.54, 1.807) is 18.2 Å². The van der Waals surface area contributed by atoms with Gasteiger partial charge in [0.25, 0.3) is 5.91 Å². The molecule has 1 amide bonds. The Morgan fingerprint density at radius 1 is 1.13 bits per heavy atom. The van der Waals surface area contributed by atoms with Gasteiger partial charge in [-0.15, -0.1) is 0 Å². The summed E-state index contributed by atoms with van der Waals surface area (Å²) in [5, 5.41) is 4.25. The second-order valence-electron chi connectivity index (χ2n) is 8.10. The van der Waals surface area contributed by atoms with Gasteiger partial charge in [0.15, 0.2) is 0 Å². The molecule has 1 aromatic rings. The maximum Gasteiger partial charge on any atom is 0.253 e. The summed E-state index contributed by atoms with van der Waals surface area (Å²) in [4.78, 5) is 12.7. The Hall–Kier alpha value is -0.730. The predicted octanol–water partition coefficient (Wildman–Crippen LogP) is 5.33. The average molecular weight is 352 g/mol. The second-order valence-corrected chi connectivity index (χ2v) is 8.94. The second kappa shape index (κ2) is 5.67. The van der Waals surface area contributed by atoms with Gasteiger partial charge in [0.2, 0.25) is 0 Å². The van der Waals surface area contributed by atoms with Crippen LogP contribution >= 0.6 is 23.2 Å². The topological polar surface area (TPSA) is 29.1 Å². The number of hydrogen-bond donors (Lipinski definition) is 1. The molecule has 4 fully saturated rings. The van der Waals surface area contributed by atoms with Crippen LogP contribution in [0.4, 0.5) is 0 Å². The summed E-state index contributed by atoms with van der Waals surface area (Å²) in [6.45, 7) is 2.18. The van der Waals surface area contributed by atoms with Crippen LogP contribution in [-0.4, -0.2) is 11.9 Å². The quantitative estimate of drug-likeness (QED) is 0.783. The van der Waals surface area contributed by atoms with Crippen molar-refractivity contribution in [2.75, 3.05) is 0 Å². The van der Waals surface area contributed by atoms with Crippen LogP contribution in [0.2, 0.25) is 10.0 Å². The number of amides is 1. The molecule has 4 aliphatic carbocycles. The van der Waals surface area contributed by atoms with Gasteiger partial charge in [-0.05, 0) is 86.8 Å². The van der Waals surface area contributed by atoms with Gasteiger partial charge in [-0.1, -0.05) is 23.2 Å². The largest absolute Gasteiger partial charge is 0.349 e. The SMILES string of the molecule is C[C@H](NC(=O)c1cc(Cl)ccc1Cl)C12CC3CC(CC(C3)C1)C2. The van der Waals surface area contributed by atoms with Crippen LogP contribution in [0.5, 0.6) is 0 Å². The van der Waals surface area contributed by atoms with Crippen LogP contribution in [0.25, 0.3) is 0 Å². The molecule has 4 heteroatoms. The molecular formula is C19H23Cl2NO. The van der Waals surface area contributed by atoms with Crippen molar-refractivity contribution in [1.82, 2.24) is 5.32 Å². The van der Waals surface area contributed by atoms with Crippen LogP contribution in [0.15, 0.2) is 18.2 Å². The van der Waals surface area contributed by atoms with Crippen molar-refractivity contribution in [3.63, 3.8) is 0 Å². The van der Waals surface area contributed by atoms with Crippen molar-refractivity contribution in [1.29, 1.82) is 0 Å². The highest BCUT2D eigenvalue weighted by molar-refractivity contribution is 6.35. The maximum atomic E-state index is 12.7. The van der Waals surface area contributed by atoms with Gasteiger partial charge in [0.05, 0.1) is 10.6 Å². The number of halogens is 2. The van der Waals surface area contributed by atoms with Crippen molar-refractivity contribution >= 4 is 29.1 Å². The number of rotatable bonds is 3. The van der Waals surface area contributed by atoms with E-state index in [9.17, 15) is 4.79 Å². The standard InChI is InChI=1S/C19H23Cl2NO/c1-11(22-18(23)16-7-15(20)2-3-17(16)21)19-8-12-4-13(9-19)6-14(5-12)10-19/h2-3,7,11-14H,4-6,8-10H2,1H3,(H,22,23)/t11-,12?,13?,14?,19?/m0/s1. The lowest BCUT2D eigenvalue weighted by Crippen LogP contribution is -2.55. The molecule has 23 heavy (non-hydrogen) atoms. The number of hydrogen-bond acceptors (Lipinski definition) is 1.